The molecular formula is C17H23BrFN3O. The Morgan fingerprint density at radius 1 is 1.35 bits per heavy atom. The van der Waals surface area contributed by atoms with E-state index >= 15 is 0 Å². The highest BCUT2D eigenvalue weighted by Gasteiger charge is 2.29. The highest BCUT2D eigenvalue weighted by molar-refractivity contribution is 9.10. The van der Waals surface area contributed by atoms with E-state index in [0.717, 1.165) is 51.1 Å². The summed E-state index contributed by atoms with van der Waals surface area (Å²) >= 11 is 3.23. The Hall–Kier alpha value is -0.980. The fourth-order valence-corrected chi connectivity index (χ4v) is 3.35. The molecule has 0 bridgehead atoms. The van der Waals surface area contributed by atoms with Gasteiger partial charge in [-0.1, -0.05) is 6.07 Å². The van der Waals surface area contributed by atoms with Crippen LogP contribution in [0.25, 0.3) is 0 Å². The second-order valence-corrected chi connectivity index (χ2v) is 7.37. The van der Waals surface area contributed by atoms with Gasteiger partial charge in [-0.05, 0) is 53.4 Å². The van der Waals surface area contributed by atoms with Crippen molar-refractivity contribution in [2.45, 2.75) is 38.4 Å². The largest absolute Gasteiger partial charge is 0.352 e. The molecule has 1 atom stereocenters. The third-order valence-electron chi connectivity index (χ3n) is 4.65. The molecule has 4 nitrogen and oxygen atoms in total. The monoisotopic (exact) mass is 383 g/mol. The SMILES string of the molecule is CC(C(=O)NC1CC1)N1CCN(Cc2ccc(F)c(Br)c2)CC1. The Labute approximate surface area is 145 Å². The Kier molecular flexibility index (Phi) is 5.34. The van der Waals surface area contributed by atoms with Crippen LogP contribution in [0.15, 0.2) is 22.7 Å². The van der Waals surface area contributed by atoms with E-state index in [2.05, 4.69) is 31.0 Å². The van der Waals surface area contributed by atoms with Crippen molar-refractivity contribution < 1.29 is 9.18 Å². The van der Waals surface area contributed by atoms with Gasteiger partial charge in [-0.2, -0.15) is 0 Å². The average Bonchev–Trinajstić information content (AvgIpc) is 3.35. The first-order valence-corrected chi connectivity index (χ1v) is 9.03. The number of nitrogens with zero attached hydrogens (tertiary/aromatic N) is 2. The van der Waals surface area contributed by atoms with Crippen molar-refractivity contribution in [2.75, 3.05) is 26.2 Å². The van der Waals surface area contributed by atoms with Crippen LogP contribution >= 0.6 is 15.9 Å². The molecule has 0 spiro atoms. The van der Waals surface area contributed by atoms with Gasteiger partial charge in [0.2, 0.25) is 5.91 Å². The number of piperazine rings is 1. The predicted molar refractivity (Wildman–Crippen MR) is 91.6 cm³/mol. The minimum absolute atomic E-state index is 0.0577. The number of halogens is 2. The fraction of sp³-hybridized carbons (Fsp3) is 0.588. The van der Waals surface area contributed by atoms with Crippen molar-refractivity contribution in [1.82, 2.24) is 15.1 Å². The van der Waals surface area contributed by atoms with Gasteiger partial charge in [0.1, 0.15) is 5.82 Å². The van der Waals surface area contributed by atoms with Crippen LogP contribution in [0.5, 0.6) is 0 Å². The summed E-state index contributed by atoms with van der Waals surface area (Å²) in [6, 6.07) is 5.53. The Morgan fingerprint density at radius 2 is 2.04 bits per heavy atom. The van der Waals surface area contributed by atoms with Gasteiger partial charge < -0.3 is 5.32 Å². The lowest BCUT2D eigenvalue weighted by molar-refractivity contribution is -0.126. The summed E-state index contributed by atoms with van der Waals surface area (Å²) in [4.78, 5) is 16.7. The lowest BCUT2D eigenvalue weighted by atomic mass is 10.1. The number of carbonyl (C=O) groups is 1. The molecule has 3 rings (SSSR count). The summed E-state index contributed by atoms with van der Waals surface area (Å²) in [6.07, 6.45) is 2.25. The number of carbonyl (C=O) groups excluding carboxylic acids is 1. The van der Waals surface area contributed by atoms with Crippen LogP contribution in [-0.2, 0) is 11.3 Å². The molecule has 1 heterocycles. The van der Waals surface area contributed by atoms with E-state index in [1.54, 1.807) is 0 Å². The van der Waals surface area contributed by atoms with E-state index in [9.17, 15) is 9.18 Å². The molecule has 126 valence electrons. The maximum absolute atomic E-state index is 13.3. The molecule has 1 amide bonds. The maximum atomic E-state index is 13.3. The first kappa shape index (κ1) is 16.9. The molecule has 1 saturated heterocycles. The fourth-order valence-electron chi connectivity index (χ4n) is 2.92. The summed E-state index contributed by atoms with van der Waals surface area (Å²) in [6.45, 7) is 6.44. The minimum atomic E-state index is -0.228. The molecule has 6 heteroatoms. The van der Waals surface area contributed by atoms with E-state index in [1.807, 2.05) is 19.1 Å². The van der Waals surface area contributed by atoms with Crippen molar-refractivity contribution in [2.24, 2.45) is 0 Å². The van der Waals surface area contributed by atoms with Crippen molar-refractivity contribution >= 4 is 21.8 Å². The first-order valence-electron chi connectivity index (χ1n) is 8.23. The average molecular weight is 384 g/mol. The smallest absolute Gasteiger partial charge is 0.237 e. The molecule has 1 saturated carbocycles. The van der Waals surface area contributed by atoms with Crippen molar-refractivity contribution in [3.05, 3.63) is 34.1 Å². The summed E-state index contributed by atoms with van der Waals surface area (Å²) in [5.41, 5.74) is 1.10. The molecular weight excluding hydrogens is 361 g/mol. The van der Waals surface area contributed by atoms with Crippen LogP contribution < -0.4 is 5.32 Å². The van der Waals surface area contributed by atoms with Gasteiger partial charge >= 0.3 is 0 Å². The summed E-state index contributed by atoms with van der Waals surface area (Å²) in [7, 11) is 0. The summed E-state index contributed by atoms with van der Waals surface area (Å²) < 4.78 is 13.8. The topological polar surface area (TPSA) is 35.6 Å². The zero-order valence-electron chi connectivity index (χ0n) is 13.4. The molecule has 1 aromatic rings. The lowest BCUT2D eigenvalue weighted by Gasteiger charge is -2.37. The number of hydrogen-bond acceptors (Lipinski definition) is 3. The van der Waals surface area contributed by atoms with Crippen molar-refractivity contribution in [3.8, 4) is 0 Å². The van der Waals surface area contributed by atoms with Gasteiger partial charge in [0.25, 0.3) is 0 Å². The lowest BCUT2D eigenvalue weighted by Crippen LogP contribution is -2.53. The summed E-state index contributed by atoms with van der Waals surface area (Å²) in [5.74, 6) is -0.0718. The highest BCUT2D eigenvalue weighted by Crippen LogP contribution is 2.20. The van der Waals surface area contributed by atoms with Gasteiger partial charge in [-0.15, -0.1) is 0 Å². The molecule has 1 aliphatic carbocycles. The zero-order valence-corrected chi connectivity index (χ0v) is 15.0. The summed E-state index contributed by atoms with van der Waals surface area (Å²) in [5, 5.41) is 3.08. The van der Waals surface area contributed by atoms with Crippen LogP contribution in [0.3, 0.4) is 0 Å². The standard InChI is InChI=1S/C17H23BrFN3O/c1-12(17(23)20-14-3-4-14)22-8-6-21(7-9-22)11-13-2-5-16(19)15(18)10-13/h2,5,10,12,14H,3-4,6-9,11H2,1H3,(H,20,23). The molecule has 0 aromatic heterocycles. The quantitative estimate of drug-likeness (QED) is 0.847. The normalized spacial score (nSPS) is 21.2. The van der Waals surface area contributed by atoms with E-state index in [-0.39, 0.29) is 17.8 Å². The van der Waals surface area contributed by atoms with Crippen molar-refractivity contribution in [3.63, 3.8) is 0 Å². The predicted octanol–water partition coefficient (Wildman–Crippen LogP) is 2.37. The molecule has 1 unspecified atom stereocenters. The van der Waals surface area contributed by atoms with Gasteiger partial charge in [0, 0.05) is 38.8 Å². The number of nitrogens with one attached hydrogen (secondary N) is 1. The third-order valence-corrected chi connectivity index (χ3v) is 5.26. The van der Waals surface area contributed by atoms with E-state index < -0.39 is 0 Å². The van der Waals surface area contributed by atoms with Crippen LogP contribution in [-0.4, -0.2) is 54.0 Å². The Bertz CT molecular complexity index is 571. The second kappa shape index (κ2) is 7.28. The maximum Gasteiger partial charge on any atom is 0.237 e. The molecule has 2 fully saturated rings. The molecule has 23 heavy (non-hydrogen) atoms. The third kappa shape index (κ3) is 4.52. The van der Waals surface area contributed by atoms with Crippen molar-refractivity contribution in [1.29, 1.82) is 0 Å². The van der Waals surface area contributed by atoms with E-state index in [1.165, 1.54) is 6.07 Å². The van der Waals surface area contributed by atoms with Gasteiger partial charge in [-0.3, -0.25) is 14.6 Å². The molecule has 1 aromatic carbocycles. The van der Waals surface area contributed by atoms with Gasteiger partial charge in [-0.25, -0.2) is 4.39 Å². The molecule has 1 N–H and O–H groups in total. The molecule has 2 aliphatic rings. The van der Waals surface area contributed by atoms with Crippen LogP contribution in [0.4, 0.5) is 4.39 Å². The number of rotatable bonds is 5. The van der Waals surface area contributed by atoms with Crippen LogP contribution in [0.1, 0.15) is 25.3 Å². The molecule has 0 radical (unpaired) electrons. The number of amides is 1. The van der Waals surface area contributed by atoms with Gasteiger partial charge in [0.05, 0.1) is 10.5 Å². The first-order chi connectivity index (χ1) is 11.0. The van der Waals surface area contributed by atoms with E-state index in [0.29, 0.717) is 10.5 Å². The number of hydrogen-bond donors (Lipinski definition) is 1. The number of benzene rings is 1. The minimum Gasteiger partial charge on any atom is -0.352 e. The van der Waals surface area contributed by atoms with E-state index in [4.69, 9.17) is 0 Å². The van der Waals surface area contributed by atoms with Gasteiger partial charge in [0.15, 0.2) is 0 Å². The van der Waals surface area contributed by atoms with Crippen LogP contribution in [0, 0.1) is 5.82 Å². The molecule has 1 aliphatic heterocycles. The second-order valence-electron chi connectivity index (χ2n) is 6.52. The highest BCUT2D eigenvalue weighted by atomic mass is 79.9. The zero-order chi connectivity index (χ0) is 16.4. The Balaban J connectivity index is 1.47. The Morgan fingerprint density at radius 3 is 2.65 bits per heavy atom. The van der Waals surface area contributed by atoms with Crippen LogP contribution in [0.2, 0.25) is 0 Å².